The highest BCUT2D eigenvalue weighted by Gasteiger charge is 2.51. The van der Waals surface area contributed by atoms with Gasteiger partial charge >= 0.3 is 17.9 Å². The first kappa shape index (κ1) is 28.1. The highest BCUT2D eigenvalue weighted by molar-refractivity contribution is 5.69. The molecule has 196 valence electrons. The molecule has 15 heteroatoms. The molecule has 1 saturated heterocycles. The third kappa shape index (κ3) is 7.44. The molecule has 15 nitrogen and oxygen atoms in total. The van der Waals surface area contributed by atoms with Gasteiger partial charge in [-0.05, 0) is 6.07 Å². The van der Waals surface area contributed by atoms with Gasteiger partial charge in [-0.2, -0.15) is 0 Å². The van der Waals surface area contributed by atoms with Crippen LogP contribution in [0, 0.1) is 20.2 Å². The number of non-ortho nitro benzene ring substituents is 1. The molecule has 0 spiro atoms. The van der Waals surface area contributed by atoms with Crippen molar-refractivity contribution in [1.82, 2.24) is 0 Å². The molecule has 1 aliphatic heterocycles. The topological polar surface area (TPSA) is 196 Å². The van der Waals surface area contributed by atoms with Crippen LogP contribution in [-0.4, -0.2) is 71.6 Å². The molecular weight excluding hydrogens is 486 g/mol. The number of nitro groups is 2. The van der Waals surface area contributed by atoms with E-state index in [1.807, 2.05) is 0 Å². The maximum atomic E-state index is 12.0. The van der Waals surface area contributed by atoms with E-state index < -0.39 is 76.4 Å². The van der Waals surface area contributed by atoms with Crippen molar-refractivity contribution in [2.75, 3.05) is 18.5 Å². The van der Waals surface area contributed by atoms with Crippen LogP contribution in [0.15, 0.2) is 30.9 Å². The summed E-state index contributed by atoms with van der Waals surface area (Å²) >= 11 is 0. The molecule has 1 aliphatic rings. The summed E-state index contributed by atoms with van der Waals surface area (Å²) in [5.74, 6) is -2.23. The first-order valence-corrected chi connectivity index (χ1v) is 10.5. The number of nitrogens with one attached hydrogen (secondary N) is 1. The van der Waals surface area contributed by atoms with E-state index >= 15 is 0 Å². The van der Waals surface area contributed by atoms with E-state index in [-0.39, 0.29) is 12.3 Å². The minimum Gasteiger partial charge on any atom is -0.463 e. The zero-order valence-corrected chi connectivity index (χ0v) is 19.6. The van der Waals surface area contributed by atoms with Crippen molar-refractivity contribution < 1.29 is 47.9 Å². The van der Waals surface area contributed by atoms with E-state index in [1.54, 1.807) is 0 Å². The van der Waals surface area contributed by atoms with Crippen molar-refractivity contribution >= 4 is 35.0 Å². The second-order valence-corrected chi connectivity index (χ2v) is 7.50. The predicted molar refractivity (Wildman–Crippen MR) is 120 cm³/mol. The molecule has 36 heavy (non-hydrogen) atoms. The normalized spacial score (nSPS) is 23.1. The number of carbonyl (C=O) groups is 3. The first-order valence-electron chi connectivity index (χ1n) is 10.5. The van der Waals surface area contributed by atoms with Crippen LogP contribution in [0.25, 0.3) is 0 Å². The van der Waals surface area contributed by atoms with E-state index in [0.717, 1.165) is 39.0 Å². The van der Waals surface area contributed by atoms with Gasteiger partial charge in [-0.15, -0.1) is 6.58 Å². The number of nitro benzene ring substituents is 2. The number of esters is 3. The lowest BCUT2D eigenvalue weighted by molar-refractivity contribution is -0.393. The quantitative estimate of drug-likeness (QED) is 0.148. The number of anilines is 1. The Morgan fingerprint density at radius 1 is 1.06 bits per heavy atom. The molecule has 0 aromatic heterocycles. The van der Waals surface area contributed by atoms with Gasteiger partial charge < -0.3 is 29.0 Å². The molecular formula is C21H25N3O12. The molecule has 1 heterocycles. The van der Waals surface area contributed by atoms with Crippen molar-refractivity contribution in [3.8, 4) is 0 Å². The molecule has 0 aliphatic carbocycles. The number of ether oxygens (including phenoxy) is 5. The van der Waals surface area contributed by atoms with Crippen molar-refractivity contribution in [3.05, 3.63) is 51.1 Å². The summed E-state index contributed by atoms with van der Waals surface area (Å²) in [7, 11) is 0. The van der Waals surface area contributed by atoms with Crippen LogP contribution >= 0.6 is 0 Å². The minimum atomic E-state index is -1.36. The van der Waals surface area contributed by atoms with E-state index in [0.29, 0.717) is 0 Å². The van der Waals surface area contributed by atoms with Crippen LogP contribution < -0.4 is 5.32 Å². The van der Waals surface area contributed by atoms with E-state index in [4.69, 9.17) is 23.7 Å². The highest BCUT2D eigenvalue weighted by Crippen LogP contribution is 2.34. The zero-order chi connectivity index (χ0) is 27.0. The lowest BCUT2D eigenvalue weighted by Gasteiger charge is -2.45. The molecule has 1 N–H and O–H groups in total. The van der Waals surface area contributed by atoms with Gasteiger partial charge in [-0.3, -0.25) is 34.6 Å². The molecule has 0 amide bonds. The van der Waals surface area contributed by atoms with Crippen LogP contribution in [0.1, 0.15) is 20.8 Å². The monoisotopic (exact) mass is 511 g/mol. The summed E-state index contributed by atoms with van der Waals surface area (Å²) in [5.41, 5.74) is -1.37. The third-order valence-corrected chi connectivity index (χ3v) is 4.79. The summed E-state index contributed by atoms with van der Waals surface area (Å²) in [5, 5.41) is 25.5. The summed E-state index contributed by atoms with van der Waals surface area (Å²) in [6.07, 6.45) is -3.75. The molecule has 1 fully saturated rings. The maximum Gasteiger partial charge on any atom is 0.303 e. The maximum absolute atomic E-state index is 12.0. The lowest BCUT2D eigenvalue weighted by Crippen LogP contribution is -2.64. The Balaban J connectivity index is 2.57. The number of rotatable bonds is 11. The number of hydrogen-bond acceptors (Lipinski definition) is 13. The van der Waals surface area contributed by atoms with E-state index in [9.17, 15) is 34.6 Å². The summed E-state index contributed by atoms with van der Waals surface area (Å²) in [6.45, 7) is 6.40. The number of hydrogen-bond donors (Lipinski definition) is 1. The number of nitrogens with zero attached hydrogens (tertiary/aromatic N) is 2. The Labute approximate surface area is 204 Å². The number of carbonyl (C=O) groups excluding carboxylic acids is 3. The average Bonchev–Trinajstić information content (AvgIpc) is 2.78. The van der Waals surface area contributed by atoms with Crippen molar-refractivity contribution in [2.45, 2.75) is 51.4 Å². The smallest absolute Gasteiger partial charge is 0.303 e. The highest BCUT2D eigenvalue weighted by atomic mass is 16.7. The van der Waals surface area contributed by atoms with Crippen molar-refractivity contribution in [3.63, 3.8) is 0 Å². The van der Waals surface area contributed by atoms with Crippen molar-refractivity contribution in [1.29, 1.82) is 0 Å². The standard InChI is InChI=1S/C21H25N3O12/c1-5-8-32-21-18(22-15-7-6-14(23(28)29)9-16(15)24(30)31)20(35-13(4)27)19(34-12(3)26)17(36-21)10-33-11(2)25/h5-7,9,17-22H,1,8,10H2,2-4H3/t17-,18-,19-,20-,21-/m1/s1. The molecule has 5 atom stereocenters. The van der Waals surface area contributed by atoms with Crippen LogP contribution in [0.4, 0.5) is 17.1 Å². The molecule has 2 rings (SSSR count). The van der Waals surface area contributed by atoms with Crippen LogP contribution in [0.5, 0.6) is 0 Å². The molecule has 1 aromatic carbocycles. The fourth-order valence-corrected chi connectivity index (χ4v) is 3.45. The SMILES string of the molecule is C=CCO[C@@H]1O[C@H](COC(C)=O)[C@@H](OC(C)=O)[C@H](OC(C)=O)[C@H]1Nc1ccc([N+](=O)[O-])cc1[N+](=O)[O-]. The average molecular weight is 511 g/mol. The minimum absolute atomic E-state index is 0.0729. The second kappa shape index (κ2) is 12.6. The van der Waals surface area contributed by atoms with Gasteiger partial charge in [-0.25, -0.2) is 0 Å². The Hall–Kier alpha value is -4.11. The van der Waals surface area contributed by atoms with Gasteiger partial charge in [0.05, 0.1) is 22.5 Å². The Morgan fingerprint density at radius 2 is 1.69 bits per heavy atom. The van der Waals surface area contributed by atoms with Crippen LogP contribution in [0.2, 0.25) is 0 Å². The second-order valence-electron chi connectivity index (χ2n) is 7.50. The van der Waals surface area contributed by atoms with Gasteiger partial charge in [0.2, 0.25) is 0 Å². The molecule has 0 radical (unpaired) electrons. The van der Waals surface area contributed by atoms with Gasteiger partial charge in [0.25, 0.3) is 11.4 Å². The Morgan fingerprint density at radius 3 is 2.22 bits per heavy atom. The third-order valence-electron chi connectivity index (χ3n) is 4.79. The summed E-state index contributed by atoms with van der Waals surface area (Å²) in [6, 6.07) is 1.65. The Bertz CT molecular complexity index is 1030. The van der Waals surface area contributed by atoms with E-state index in [1.165, 1.54) is 6.08 Å². The fourth-order valence-electron chi connectivity index (χ4n) is 3.45. The first-order chi connectivity index (χ1) is 16.9. The van der Waals surface area contributed by atoms with E-state index in [2.05, 4.69) is 11.9 Å². The number of benzene rings is 1. The van der Waals surface area contributed by atoms with Gasteiger partial charge in [0.1, 0.15) is 24.4 Å². The molecule has 0 bridgehead atoms. The lowest BCUT2D eigenvalue weighted by atomic mass is 9.95. The van der Waals surface area contributed by atoms with Gasteiger partial charge in [0, 0.05) is 26.8 Å². The molecule has 0 unspecified atom stereocenters. The van der Waals surface area contributed by atoms with Gasteiger partial charge in [0.15, 0.2) is 18.5 Å². The van der Waals surface area contributed by atoms with Crippen molar-refractivity contribution in [2.24, 2.45) is 0 Å². The van der Waals surface area contributed by atoms with Gasteiger partial charge in [-0.1, -0.05) is 6.08 Å². The Kier molecular flexibility index (Phi) is 9.81. The van der Waals surface area contributed by atoms with Crippen LogP contribution in [-0.2, 0) is 38.1 Å². The summed E-state index contributed by atoms with van der Waals surface area (Å²) < 4.78 is 27.2. The van der Waals surface area contributed by atoms with Crippen LogP contribution in [0.3, 0.4) is 0 Å². The zero-order valence-electron chi connectivity index (χ0n) is 19.6. The predicted octanol–water partition coefficient (Wildman–Crippen LogP) is 1.64. The molecule has 0 saturated carbocycles. The fraction of sp³-hybridized carbons (Fsp3) is 0.476. The molecule has 1 aromatic rings. The largest absolute Gasteiger partial charge is 0.463 e. The summed E-state index contributed by atoms with van der Waals surface area (Å²) in [4.78, 5) is 56.3.